The van der Waals surface area contributed by atoms with Gasteiger partial charge in [0.15, 0.2) is 11.5 Å². The zero-order valence-electron chi connectivity index (χ0n) is 23.6. The molecule has 10 nitrogen and oxygen atoms in total. The molecule has 0 bridgehead atoms. The number of anilines is 2. The van der Waals surface area contributed by atoms with Crippen molar-refractivity contribution in [3.05, 3.63) is 89.2 Å². The highest BCUT2D eigenvalue weighted by Gasteiger charge is 2.31. The van der Waals surface area contributed by atoms with Crippen molar-refractivity contribution < 1.29 is 32.2 Å². The summed E-state index contributed by atoms with van der Waals surface area (Å²) in [6, 6.07) is 16.0. The van der Waals surface area contributed by atoms with Crippen LogP contribution in [0.1, 0.15) is 27.2 Å². The fourth-order valence-corrected chi connectivity index (χ4v) is 4.86. The number of methoxy groups -OCH3 is 2. The summed E-state index contributed by atoms with van der Waals surface area (Å²) in [7, 11) is 3.28. The van der Waals surface area contributed by atoms with Crippen molar-refractivity contribution in [3.8, 4) is 17.2 Å². The first-order valence-electron chi connectivity index (χ1n) is 13.6. The van der Waals surface area contributed by atoms with Crippen molar-refractivity contribution in [1.82, 2.24) is 19.9 Å². The smallest absolute Gasteiger partial charge is 0.493 e. The molecule has 0 aliphatic carbocycles. The molecule has 13 heteroatoms. The lowest BCUT2D eigenvalue weighted by molar-refractivity contribution is -0.274. The fourth-order valence-electron chi connectivity index (χ4n) is 4.86. The van der Waals surface area contributed by atoms with Gasteiger partial charge >= 0.3 is 6.36 Å². The number of aromatic nitrogens is 3. The van der Waals surface area contributed by atoms with Crippen molar-refractivity contribution in [1.29, 1.82) is 0 Å². The standard InChI is InChI=1S/C30H31F3N6O4/c1-41-27-15-20-11-12-38(18-21(20)16-28(27)42-2)13-14-39-19-23(36-37-39)17-34-26-6-4-3-5-25(26)29(40)35-22-7-9-24(10-8-22)43-30(31,32)33/h3-10,15-16,19,34H,11-14,17-18H2,1-2H3,(H,35,40). The van der Waals surface area contributed by atoms with Crippen LogP contribution in [0.15, 0.2) is 66.9 Å². The Hall–Kier alpha value is -4.78. The third kappa shape index (κ3) is 7.74. The summed E-state index contributed by atoms with van der Waals surface area (Å²) in [6.45, 7) is 3.54. The number of nitrogens with one attached hydrogen (secondary N) is 2. The lowest BCUT2D eigenvalue weighted by Gasteiger charge is -2.29. The van der Waals surface area contributed by atoms with Gasteiger partial charge in [0.2, 0.25) is 0 Å². The Morgan fingerprint density at radius 2 is 1.70 bits per heavy atom. The highest BCUT2D eigenvalue weighted by molar-refractivity contribution is 6.08. The van der Waals surface area contributed by atoms with Crippen LogP contribution in [-0.2, 0) is 26.1 Å². The number of halogens is 3. The number of fused-ring (bicyclic) bond motifs is 1. The predicted octanol–water partition coefficient (Wildman–Crippen LogP) is 5.12. The Morgan fingerprint density at radius 3 is 2.42 bits per heavy atom. The maximum atomic E-state index is 12.9. The molecule has 0 radical (unpaired) electrons. The van der Waals surface area contributed by atoms with Crippen LogP contribution in [0.5, 0.6) is 17.2 Å². The molecule has 0 fully saturated rings. The minimum atomic E-state index is -4.79. The fraction of sp³-hybridized carbons (Fsp3) is 0.300. The van der Waals surface area contributed by atoms with E-state index in [1.807, 2.05) is 12.3 Å². The third-order valence-electron chi connectivity index (χ3n) is 7.01. The van der Waals surface area contributed by atoms with E-state index < -0.39 is 12.3 Å². The van der Waals surface area contributed by atoms with Gasteiger partial charge in [-0.2, -0.15) is 0 Å². The molecule has 0 saturated heterocycles. The van der Waals surface area contributed by atoms with E-state index in [9.17, 15) is 18.0 Å². The number of nitrogens with zero attached hydrogens (tertiary/aromatic N) is 4. The SMILES string of the molecule is COc1cc2c(cc1OC)CN(CCn1cc(CNc3ccccc3C(=O)Nc3ccc(OC(F)(F)F)cc3)nn1)CC2. The van der Waals surface area contributed by atoms with Gasteiger partial charge in [0, 0.05) is 31.0 Å². The van der Waals surface area contributed by atoms with Crippen molar-refractivity contribution >= 4 is 17.3 Å². The van der Waals surface area contributed by atoms with E-state index in [0.717, 1.165) is 49.7 Å². The van der Waals surface area contributed by atoms with Crippen molar-refractivity contribution in [3.63, 3.8) is 0 Å². The minimum Gasteiger partial charge on any atom is -0.493 e. The van der Waals surface area contributed by atoms with Crippen LogP contribution in [-0.4, -0.2) is 59.5 Å². The number of ether oxygens (including phenoxy) is 3. The molecule has 1 aliphatic heterocycles. The largest absolute Gasteiger partial charge is 0.573 e. The molecule has 0 atom stereocenters. The Balaban J connectivity index is 1.13. The van der Waals surface area contributed by atoms with Crippen LogP contribution in [0.25, 0.3) is 0 Å². The van der Waals surface area contributed by atoms with E-state index in [4.69, 9.17) is 9.47 Å². The van der Waals surface area contributed by atoms with Gasteiger partial charge in [0.25, 0.3) is 5.91 Å². The number of hydrogen-bond donors (Lipinski definition) is 2. The van der Waals surface area contributed by atoms with Crippen molar-refractivity contribution in [2.24, 2.45) is 0 Å². The van der Waals surface area contributed by atoms with Crippen LogP contribution in [0.4, 0.5) is 24.5 Å². The quantitative estimate of drug-likeness (QED) is 0.246. The number of carbonyl (C=O) groups is 1. The summed E-state index contributed by atoms with van der Waals surface area (Å²) in [4.78, 5) is 15.3. The van der Waals surface area contributed by atoms with Crippen LogP contribution in [0.2, 0.25) is 0 Å². The van der Waals surface area contributed by atoms with E-state index in [0.29, 0.717) is 35.7 Å². The van der Waals surface area contributed by atoms with Crippen LogP contribution in [0.3, 0.4) is 0 Å². The molecule has 226 valence electrons. The topological polar surface area (TPSA) is 103 Å². The van der Waals surface area contributed by atoms with Crippen LogP contribution < -0.4 is 24.8 Å². The lowest BCUT2D eigenvalue weighted by atomic mass is 9.99. The first-order chi connectivity index (χ1) is 20.7. The second-order valence-corrected chi connectivity index (χ2v) is 9.90. The molecule has 3 aromatic carbocycles. The van der Waals surface area contributed by atoms with E-state index >= 15 is 0 Å². The first kappa shape index (κ1) is 29.7. The Labute approximate surface area is 246 Å². The van der Waals surface area contributed by atoms with Gasteiger partial charge < -0.3 is 24.8 Å². The predicted molar refractivity (Wildman–Crippen MR) is 153 cm³/mol. The number of para-hydroxylation sites is 1. The zero-order valence-corrected chi connectivity index (χ0v) is 23.6. The number of rotatable bonds is 11. The average Bonchev–Trinajstić information content (AvgIpc) is 3.46. The average molecular weight is 597 g/mol. The lowest BCUT2D eigenvalue weighted by Crippen LogP contribution is -2.33. The third-order valence-corrected chi connectivity index (χ3v) is 7.01. The number of amides is 1. The molecule has 2 N–H and O–H groups in total. The first-order valence-corrected chi connectivity index (χ1v) is 13.6. The molecule has 0 saturated carbocycles. The molecule has 0 unspecified atom stereocenters. The number of benzene rings is 3. The molecule has 1 aromatic heterocycles. The van der Waals surface area contributed by atoms with Gasteiger partial charge in [-0.3, -0.25) is 14.4 Å². The van der Waals surface area contributed by atoms with Crippen LogP contribution in [0, 0.1) is 0 Å². The molecular weight excluding hydrogens is 565 g/mol. The summed E-state index contributed by atoms with van der Waals surface area (Å²) in [5.74, 6) is 0.679. The van der Waals surface area contributed by atoms with Crippen LogP contribution >= 0.6 is 0 Å². The van der Waals surface area contributed by atoms with Crippen molar-refractivity contribution in [2.45, 2.75) is 32.4 Å². The number of hydrogen-bond acceptors (Lipinski definition) is 8. The normalized spacial score (nSPS) is 13.2. The summed E-state index contributed by atoms with van der Waals surface area (Å²) in [6.07, 6.45) is -2.00. The monoisotopic (exact) mass is 596 g/mol. The zero-order chi connectivity index (χ0) is 30.4. The maximum absolute atomic E-state index is 12.9. The summed E-state index contributed by atoms with van der Waals surface area (Å²) >= 11 is 0. The summed E-state index contributed by atoms with van der Waals surface area (Å²) in [5, 5.41) is 14.4. The molecule has 5 rings (SSSR count). The molecule has 43 heavy (non-hydrogen) atoms. The van der Waals surface area contributed by atoms with E-state index in [1.165, 1.54) is 23.3 Å². The highest BCUT2D eigenvalue weighted by atomic mass is 19.4. The molecule has 2 heterocycles. The van der Waals surface area contributed by atoms with Gasteiger partial charge in [0.1, 0.15) is 11.4 Å². The van der Waals surface area contributed by atoms with Crippen molar-refractivity contribution in [2.75, 3.05) is 37.9 Å². The Morgan fingerprint density at radius 1 is 0.977 bits per heavy atom. The number of alkyl halides is 3. The molecule has 4 aromatic rings. The second kappa shape index (κ2) is 13.0. The van der Waals surface area contributed by atoms with Gasteiger partial charge in [-0.1, -0.05) is 17.3 Å². The van der Waals surface area contributed by atoms with Gasteiger partial charge in [0.05, 0.1) is 39.1 Å². The molecule has 1 amide bonds. The molecular formula is C30H31F3N6O4. The minimum absolute atomic E-state index is 0.327. The van der Waals surface area contributed by atoms with Gasteiger partial charge in [-0.05, 0) is 66.1 Å². The van der Waals surface area contributed by atoms with Gasteiger partial charge in [-0.25, -0.2) is 0 Å². The second-order valence-electron chi connectivity index (χ2n) is 9.90. The molecule has 1 aliphatic rings. The van der Waals surface area contributed by atoms with E-state index in [1.54, 1.807) is 43.2 Å². The highest BCUT2D eigenvalue weighted by Crippen LogP contribution is 2.33. The van der Waals surface area contributed by atoms with E-state index in [-0.39, 0.29) is 5.75 Å². The summed E-state index contributed by atoms with van der Waals surface area (Å²) in [5.41, 5.74) is 4.47. The van der Waals surface area contributed by atoms with E-state index in [2.05, 4.69) is 36.6 Å². The Bertz CT molecular complexity index is 1560. The Kier molecular flexibility index (Phi) is 9.00. The summed E-state index contributed by atoms with van der Waals surface area (Å²) < 4.78 is 53.8. The number of carbonyl (C=O) groups excluding carboxylic acids is 1. The maximum Gasteiger partial charge on any atom is 0.573 e. The van der Waals surface area contributed by atoms with Gasteiger partial charge in [-0.15, -0.1) is 18.3 Å². The molecule has 0 spiro atoms.